The molecule has 24 heavy (non-hydrogen) atoms. The summed E-state index contributed by atoms with van der Waals surface area (Å²) in [6.45, 7) is 7.09. The minimum atomic E-state index is -0.151. The molecule has 1 aliphatic rings. The second-order valence-electron chi connectivity index (χ2n) is 6.60. The molecule has 0 aliphatic carbocycles. The van der Waals surface area contributed by atoms with Gasteiger partial charge in [0.1, 0.15) is 0 Å². The van der Waals surface area contributed by atoms with Gasteiger partial charge in [0, 0.05) is 17.6 Å². The molecule has 0 spiro atoms. The third kappa shape index (κ3) is 3.93. The zero-order valence-corrected chi connectivity index (χ0v) is 15.3. The molecule has 6 heteroatoms. The van der Waals surface area contributed by atoms with E-state index >= 15 is 0 Å². The van der Waals surface area contributed by atoms with Crippen molar-refractivity contribution in [3.63, 3.8) is 0 Å². The van der Waals surface area contributed by atoms with Crippen LogP contribution >= 0.6 is 0 Å². The number of nitrogens with one attached hydrogen (secondary N) is 1. The Bertz CT molecular complexity index is 555. The van der Waals surface area contributed by atoms with Crippen LogP contribution < -0.4 is 19.5 Å². The Balaban J connectivity index is 2.11. The molecule has 1 aromatic carbocycles. The van der Waals surface area contributed by atoms with E-state index < -0.39 is 0 Å². The Morgan fingerprint density at radius 1 is 1.08 bits per heavy atom. The van der Waals surface area contributed by atoms with E-state index in [1.807, 2.05) is 0 Å². The highest BCUT2D eigenvalue weighted by Crippen LogP contribution is 2.38. The molecular weight excluding hydrogens is 308 g/mol. The summed E-state index contributed by atoms with van der Waals surface area (Å²) in [7, 11) is 4.61. The molecule has 6 nitrogen and oxygen atoms in total. The SMILES string of the molecule is COc1cc(C(=O)NCC(C)(C)N2CCCC2)cc(OC)c1OC. The van der Waals surface area contributed by atoms with Crippen molar-refractivity contribution in [2.24, 2.45) is 0 Å². The summed E-state index contributed by atoms with van der Waals surface area (Å²) >= 11 is 0. The van der Waals surface area contributed by atoms with Crippen molar-refractivity contribution < 1.29 is 19.0 Å². The van der Waals surface area contributed by atoms with Crippen LogP contribution in [0.1, 0.15) is 37.0 Å². The van der Waals surface area contributed by atoms with Gasteiger partial charge in [0.15, 0.2) is 11.5 Å². The smallest absolute Gasteiger partial charge is 0.251 e. The predicted octanol–water partition coefficient (Wildman–Crippen LogP) is 2.32. The van der Waals surface area contributed by atoms with Gasteiger partial charge in [0.25, 0.3) is 5.91 Å². The Morgan fingerprint density at radius 2 is 1.62 bits per heavy atom. The van der Waals surface area contributed by atoms with Gasteiger partial charge in [-0.1, -0.05) is 0 Å². The first-order chi connectivity index (χ1) is 11.4. The van der Waals surface area contributed by atoms with E-state index in [9.17, 15) is 4.79 Å². The Kier molecular flexibility index (Phi) is 5.94. The maximum atomic E-state index is 12.6. The summed E-state index contributed by atoms with van der Waals surface area (Å²) < 4.78 is 15.9. The molecule has 1 aliphatic heterocycles. The number of carbonyl (C=O) groups is 1. The van der Waals surface area contributed by atoms with Crippen LogP contribution in [0.5, 0.6) is 17.2 Å². The topological polar surface area (TPSA) is 60.0 Å². The van der Waals surface area contributed by atoms with Crippen molar-refractivity contribution in [2.75, 3.05) is 41.0 Å². The summed E-state index contributed by atoms with van der Waals surface area (Å²) in [5.41, 5.74) is 0.425. The monoisotopic (exact) mass is 336 g/mol. The van der Waals surface area contributed by atoms with Crippen LogP contribution in [0.4, 0.5) is 0 Å². The van der Waals surface area contributed by atoms with Crippen LogP contribution in [0.15, 0.2) is 12.1 Å². The quantitative estimate of drug-likeness (QED) is 0.828. The van der Waals surface area contributed by atoms with Gasteiger partial charge in [-0.3, -0.25) is 9.69 Å². The molecule has 1 fully saturated rings. The lowest BCUT2D eigenvalue weighted by molar-refractivity contribution is 0.0901. The van der Waals surface area contributed by atoms with Gasteiger partial charge < -0.3 is 19.5 Å². The van der Waals surface area contributed by atoms with Crippen LogP contribution in [-0.4, -0.2) is 57.3 Å². The van der Waals surface area contributed by atoms with Crippen molar-refractivity contribution in [3.05, 3.63) is 17.7 Å². The lowest BCUT2D eigenvalue weighted by Gasteiger charge is -2.35. The molecule has 0 unspecified atom stereocenters. The first-order valence-corrected chi connectivity index (χ1v) is 8.26. The average Bonchev–Trinajstić information content (AvgIpc) is 3.13. The van der Waals surface area contributed by atoms with Gasteiger partial charge in [-0.05, 0) is 51.9 Å². The lowest BCUT2D eigenvalue weighted by Crippen LogP contribution is -2.50. The average molecular weight is 336 g/mol. The number of hydrogen-bond acceptors (Lipinski definition) is 5. The second-order valence-corrected chi connectivity index (χ2v) is 6.60. The number of hydrogen-bond donors (Lipinski definition) is 1. The molecular formula is C18H28N2O4. The predicted molar refractivity (Wildman–Crippen MR) is 93.3 cm³/mol. The molecule has 0 aromatic heterocycles. The fourth-order valence-electron chi connectivity index (χ4n) is 3.05. The number of rotatable bonds is 7. The Morgan fingerprint density at radius 3 is 2.08 bits per heavy atom. The van der Waals surface area contributed by atoms with Crippen molar-refractivity contribution in [3.8, 4) is 17.2 Å². The van der Waals surface area contributed by atoms with E-state index in [0.717, 1.165) is 13.1 Å². The van der Waals surface area contributed by atoms with E-state index in [1.165, 1.54) is 27.1 Å². The highest BCUT2D eigenvalue weighted by Gasteiger charge is 2.29. The molecule has 134 valence electrons. The number of amides is 1. The van der Waals surface area contributed by atoms with E-state index in [2.05, 4.69) is 24.1 Å². The summed E-state index contributed by atoms with van der Waals surface area (Å²) in [5.74, 6) is 1.28. The maximum absolute atomic E-state index is 12.6. The van der Waals surface area contributed by atoms with Gasteiger partial charge in [-0.2, -0.15) is 0 Å². The number of ether oxygens (including phenoxy) is 3. The van der Waals surface area contributed by atoms with E-state index in [-0.39, 0.29) is 11.4 Å². The molecule has 0 atom stereocenters. The summed E-state index contributed by atoms with van der Waals surface area (Å²) in [6.07, 6.45) is 2.45. The van der Waals surface area contributed by atoms with Crippen LogP contribution in [0.25, 0.3) is 0 Å². The number of likely N-dealkylation sites (tertiary alicyclic amines) is 1. The Hall–Kier alpha value is -1.95. The van der Waals surface area contributed by atoms with E-state index in [0.29, 0.717) is 29.4 Å². The zero-order valence-electron chi connectivity index (χ0n) is 15.3. The van der Waals surface area contributed by atoms with Gasteiger partial charge in [0.05, 0.1) is 21.3 Å². The normalized spacial score (nSPS) is 15.2. The molecule has 0 radical (unpaired) electrons. The number of nitrogens with zero attached hydrogens (tertiary/aromatic N) is 1. The van der Waals surface area contributed by atoms with Crippen molar-refractivity contribution in [1.82, 2.24) is 10.2 Å². The van der Waals surface area contributed by atoms with Gasteiger partial charge in [-0.15, -0.1) is 0 Å². The fourth-order valence-corrected chi connectivity index (χ4v) is 3.05. The largest absolute Gasteiger partial charge is 0.493 e. The summed E-state index contributed by atoms with van der Waals surface area (Å²) in [6, 6.07) is 3.33. The van der Waals surface area contributed by atoms with Gasteiger partial charge in [0.2, 0.25) is 5.75 Å². The van der Waals surface area contributed by atoms with Gasteiger partial charge in [-0.25, -0.2) is 0 Å². The zero-order chi connectivity index (χ0) is 17.7. The highest BCUT2D eigenvalue weighted by atomic mass is 16.5. The van der Waals surface area contributed by atoms with Crippen molar-refractivity contribution >= 4 is 5.91 Å². The second kappa shape index (κ2) is 7.75. The minimum absolute atomic E-state index is 0.0627. The Labute approximate surface area is 144 Å². The number of carbonyl (C=O) groups excluding carboxylic acids is 1. The van der Waals surface area contributed by atoms with Crippen LogP contribution in [0.3, 0.4) is 0 Å². The number of benzene rings is 1. The first-order valence-electron chi connectivity index (χ1n) is 8.26. The van der Waals surface area contributed by atoms with Gasteiger partial charge >= 0.3 is 0 Å². The summed E-state index contributed by atoms with van der Waals surface area (Å²) in [4.78, 5) is 15.0. The molecule has 1 amide bonds. The van der Waals surface area contributed by atoms with Crippen LogP contribution in [-0.2, 0) is 0 Å². The first kappa shape index (κ1) is 18.4. The minimum Gasteiger partial charge on any atom is -0.493 e. The third-order valence-corrected chi connectivity index (χ3v) is 4.57. The fraction of sp³-hybridized carbons (Fsp3) is 0.611. The van der Waals surface area contributed by atoms with Crippen molar-refractivity contribution in [2.45, 2.75) is 32.2 Å². The molecule has 1 heterocycles. The van der Waals surface area contributed by atoms with E-state index in [1.54, 1.807) is 19.2 Å². The van der Waals surface area contributed by atoms with Crippen LogP contribution in [0, 0.1) is 0 Å². The molecule has 2 rings (SSSR count). The molecule has 1 N–H and O–H groups in total. The molecule has 0 saturated carbocycles. The lowest BCUT2D eigenvalue weighted by atomic mass is 10.0. The molecule has 0 bridgehead atoms. The third-order valence-electron chi connectivity index (χ3n) is 4.57. The standard InChI is InChI=1S/C18H28N2O4/c1-18(2,20-8-6-7-9-20)12-19-17(21)13-10-14(22-3)16(24-5)15(11-13)23-4/h10-11H,6-9,12H2,1-5H3,(H,19,21). The molecule has 1 saturated heterocycles. The van der Waals surface area contributed by atoms with Crippen molar-refractivity contribution in [1.29, 1.82) is 0 Å². The van der Waals surface area contributed by atoms with Crippen LogP contribution in [0.2, 0.25) is 0 Å². The van der Waals surface area contributed by atoms with E-state index in [4.69, 9.17) is 14.2 Å². The molecule has 1 aromatic rings. The highest BCUT2D eigenvalue weighted by molar-refractivity contribution is 5.95. The number of methoxy groups -OCH3 is 3. The summed E-state index contributed by atoms with van der Waals surface area (Å²) in [5, 5.41) is 3.02. The maximum Gasteiger partial charge on any atom is 0.251 e.